The van der Waals surface area contributed by atoms with Crippen LogP contribution in [0.3, 0.4) is 0 Å². The monoisotopic (exact) mass is 242 g/mol. The predicted octanol–water partition coefficient (Wildman–Crippen LogP) is 2.52. The van der Waals surface area contributed by atoms with E-state index in [-0.39, 0.29) is 15.7 Å². The van der Waals surface area contributed by atoms with Crippen LogP contribution in [-0.2, 0) is 11.1 Å². The molecule has 0 aliphatic rings. The van der Waals surface area contributed by atoms with Crippen LogP contribution >= 0.6 is 11.6 Å². The van der Waals surface area contributed by atoms with E-state index in [2.05, 4.69) is 4.74 Å². The van der Waals surface area contributed by atoms with Crippen molar-refractivity contribution >= 4 is 22.7 Å². The van der Waals surface area contributed by atoms with E-state index in [0.29, 0.717) is 0 Å². The molecule has 0 bridgehead atoms. The Kier molecular flexibility index (Phi) is 3.79. The summed E-state index contributed by atoms with van der Waals surface area (Å²) in [6.07, 6.45) is 0. The van der Waals surface area contributed by atoms with E-state index in [1.54, 1.807) is 0 Å². The van der Waals surface area contributed by atoms with E-state index in [4.69, 9.17) is 16.2 Å². The summed E-state index contributed by atoms with van der Waals surface area (Å²) in [7, 11) is 0. The van der Waals surface area contributed by atoms with E-state index in [9.17, 15) is 13.0 Å². The van der Waals surface area contributed by atoms with Crippen LogP contribution in [0, 0.1) is 0 Å². The molecule has 1 rings (SSSR count). The van der Waals surface area contributed by atoms with Crippen LogP contribution in [0.4, 0.5) is 8.78 Å². The number of hydrogen-bond acceptors (Lipinski definition) is 2. The van der Waals surface area contributed by atoms with Crippen LogP contribution in [-0.4, -0.2) is 15.4 Å². The van der Waals surface area contributed by atoms with Gasteiger partial charge in [-0.05, 0) is 18.2 Å². The lowest BCUT2D eigenvalue weighted by molar-refractivity contribution is -0.0498. The van der Waals surface area contributed by atoms with Gasteiger partial charge >= 0.3 is 6.61 Å². The van der Waals surface area contributed by atoms with Gasteiger partial charge in [-0.25, -0.2) is 4.21 Å². The maximum atomic E-state index is 11.8. The van der Waals surface area contributed by atoms with Crippen LogP contribution in [0.5, 0.6) is 5.75 Å². The minimum atomic E-state index is -2.97. The largest absolute Gasteiger partial charge is 0.433 e. The maximum absolute atomic E-state index is 11.8. The van der Waals surface area contributed by atoms with Gasteiger partial charge in [0.1, 0.15) is 5.75 Å². The number of benzene rings is 1. The molecule has 0 aliphatic carbocycles. The standard InChI is InChI=1S/C7H5ClF2O3S/c8-5-3-4(14(11)12)1-2-6(5)13-7(9)10/h1-3,7H,(H,11,12). The summed E-state index contributed by atoms with van der Waals surface area (Å²) in [5.41, 5.74) is 0. The molecular weight excluding hydrogens is 238 g/mol. The second-order valence-corrected chi connectivity index (χ2v) is 3.60. The summed E-state index contributed by atoms with van der Waals surface area (Å²) >= 11 is 3.33. The molecule has 78 valence electrons. The van der Waals surface area contributed by atoms with E-state index < -0.39 is 17.7 Å². The Morgan fingerprint density at radius 2 is 2.14 bits per heavy atom. The molecule has 1 aromatic carbocycles. The van der Waals surface area contributed by atoms with Crippen LogP contribution in [0.1, 0.15) is 0 Å². The zero-order chi connectivity index (χ0) is 10.7. The molecule has 7 heteroatoms. The number of rotatable bonds is 3. The first kappa shape index (κ1) is 11.4. The molecule has 0 aliphatic heterocycles. The zero-order valence-electron chi connectivity index (χ0n) is 6.62. The second-order valence-electron chi connectivity index (χ2n) is 2.22. The lowest BCUT2D eigenvalue weighted by Gasteiger charge is -2.06. The first-order valence-corrected chi connectivity index (χ1v) is 4.84. The molecule has 0 spiro atoms. The Balaban J connectivity index is 2.95. The Morgan fingerprint density at radius 3 is 2.57 bits per heavy atom. The molecule has 1 atom stereocenters. The average molecular weight is 243 g/mol. The first-order valence-electron chi connectivity index (χ1n) is 3.36. The Labute approximate surface area is 85.9 Å². The van der Waals surface area contributed by atoms with Gasteiger partial charge in [0.2, 0.25) is 0 Å². The van der Waals surface area contributed by atoms with Gasteiger partial charge in [-0.15, -0.1) is 0 Å². The van der Waals surface area contributed by atoms with Crippen molar-refractivity contribution in [2.45, 2.75) is 11.5 Å². The summed E-state index contributed by atoms with van der Waals surface area (Å²) in [4.78, 5) is 0.0246. The molecule has 0 aromatic heterocycles. The van der Waals surface area contributed by atoms with Gasteiger partial charge in [-0.3, -0.25) is 0 Å². The molecule has 1 unspecified atom stereocenters. The second kappa shape index (κ2) is 4.68. The molecule has 1 N–H and O–H groups in total. The SMILES string of the molecule is O=S(O)c1ccc(OC(F)F)c(Cl)c1. The Hall–Kier alpha value is -0.720. The normalized spacial score (nSPS) is 12.9. The third-order valence-electron chi connectivity index (χ3n) is 1.32. The molecule has 0 heterocycles. The topological polar surface area (TPSA) is 46.5 Å². The number of ether oxygens (including phenoxy) is 1. The van der Waals surface area contributed by atoms with Crippen molar-refractivity contribution in [3.05, 3.63) is 23.2 Å². The molecule has 1 aromatic rings. The van der Waals surface area contributed by atoms with Gasteiger partial charge < -0.3 is 9.29 Å². The van der Waals surface area contributed by atoms with Crippen LogP contribution < -0.4 is 4.74 Å². The maximum Gasteiger partial charge on any atom is 0.387 e. The van der Waals surface area contributed by atoms with Crippen molar-refractivity contribution in [2.24, 2.45) is 0 Å². The van der Waals surface area contributed by atoms with Crippen molar-refractivity contribution in [1.82, 2.24) is 0 Å². The van der Waals surface area contributed by atoms with Crippen molar-refractivity contribution in [3.8, 4) is 5.75 Å². The van der Waals surface area contributed by atoms with E-state index in [1.807, 2.05) is 0 Å². The fourth-order valence-corrected chi connectivity index (χ4v) is 1.47. The van der Waals surface area contributed by atoms with Gasteiger partial charge in [0.05, 0.1) is 9.92 Å². The van der Waals surface area contributed by atoms with Crippen molar-refractivity contribution in [3.63, 3.8) is 0 Å². The van der Waals surface area contributed by atoms with Gasteiger partial charge in [0, 0.05) is 0 Å². The highest BCUT2D eigenvalue weighted by atomic mass is 35.5. The summed E-state index contributed by atoms with van der Waals surface area (Å²) < 4.78 is 46.8. The molecule has 0 amide bonds. The summed E-state index contributed by atoms with van der Waals surface area (Å²) in [5.74, 6) is -0.226. The minimum absolute atomic E-state index is 0.0246. The Bertz CT molecular complexity index is 359. The van der Waals surface area contributed by atoms with Gasteiger partial charge in [-0.2, -0.15) is 8.78 Å². The van der Waals surface area contributed by atoms with E-state index in [0.717, 1.165) is 12.1 Å². The molecule has 0 fully saturated rings. The molecule has 0 radical (unpaired) electrons. The number of hydrogen-bond donors (Lipinski definition) is 1. The minimum Gasteiger partial charge on any atom is -0.433 e. The van der Waals surface area contributed by atoms with Crippen molar-refractivity contribution < 1.29 is 22.3 Å². The summed E-state index contributed by atoms with van der Waals surface area (Å²) in [5, 5.41) is -0.134. The third-order valence-corrected chi connectivity index (χ3v) is 2.27. The average Bonchev–Trinajstić information content (AvgIpc) is 2.07. The van der Waals surface area contributed by atoms with Crippen molar-refractivity contribution in [1.29, 1.82) is 0 Å². The molecular formula is C7H5ClF2O3S. The van der Waals surface area contributed by atoms with E-state index >= 15 is 0 Å². The van der Waals surface area contributed by atoms with Crippen molar-refractivity contribution in [2.75, 3.05) is 0 Å². The van der Waals surface area contributed by atoms with E-state index in [1.165, 1.54) is 6.07 Å². The number of halogens is 3. The predicted molar refractivity (Wildman–Crippen MR) is 47.1 cm³/mol. The van der Waals surface area contributed by atoms with Crippen LogP contribution in [0.15, 0.2) is 23.1 Å². The summed E-state index contributed by atoms with van der Waals surface area (Å²) in [6, 6.07) is 3.38. The molecule has 0 saturated heterocycles. The highest BCUT2D eigenvalue weighted by Gasteiger charge is 2.10. The van der Waals surface area contributed by atoms with Crippen LogP contribution in [0.25, 0.3) is 0 Å². The highest BCUT2D eigenvalue weighted by molar-refractivity contribution is 7.79. The lowest BCUT2D eigenvalue weighted by Crippen LogP contribution is -2.02. The third kappa shape index (κ3) is 2.90. The van der Waals surface area contributed by atoms with Gasteiger partial charge in [0.15, 0.2) is 11.1 Å². The van der Waals surface area contributed by atoms with Gasteiger partial charge in [-0.1, -0.05) is 11.6 Å². The number of alkyl halides is 2. The lowest BCUT2D eigenvalue weighted by atomic mass is 10.3. The van der Waals surface area contributed by atoms with Gasteiger partial charge in [0.25, 0.3) is 0 Å². The fourth-order valence-electron chi connectivity index (χ4n) is 0.782. The first-order chi connectivity index (χ1) is 6.50. The zero-order valence-corrected chi connectivity index (χ0v) is 8.19. The quantitative estimate of drug-likeness (QED) is 0.829. The molecule has 0 saturated carbocycles. The van der Waals surface area contributed by atoms with Crippen LogP contribution in [0.2, 0.25) is 5.02 Å². The Morgan fingerprint density at radius 1 is 1.50 bits per heavy atom. The highest BCUT2D eigenvalue weighted by Crippen LogP contribution is 2.27. The smallest absolute Gasteiger partial charge is 0.387 e. The summed E-state index contributed by atoms with van der Waals surface area (Å²) in [6.45, 7) is -2.97. The molecule has 3 nitrogen and oxygen atoms in total. The molecule has 14 heavy (non-hydrogen) atoms. The fraction of sp³-hybridized carbons (Fsp3) is 0.143.